The average molecular weight is 291 g/mol. The largest absolute Gasteiger partial charge is 0.472 e. The van der Waals surface area contributed by atoms with Crippen molar-refractivity contribution in [3.05, 3.63) is 83.8 Å². The molecule has 0 aliphatic heterocycles. The molecular weight excluding hydrogens is 270 g/mol. The number of hydrogen-bond donors (Lipinski definition) is 1. The Morgan fingerprint density at radius 3 is 2.55 bits per heavy atom. The first kappa shape index (κ1) is 14.6. The lowest BCUT2D eigenvalue weighted by Gasteiger charge is -2.15. The minimum Gasteiger partial charge on any atom is -0.472 e. The van der Waals surface area contributed by atoms with Crippen LogP contribution in [-0.4, -0.2) is 0 Å². The SMILES string of the molecule is Cc1ccc([C@@H](C)NCc2cccc(-c3ccoc3)c2)cc1. The van der Waals surface area contributed by atoms with Gasteiger partial charge in [-0.3, -0.25) is 0 Å². The quantitative estimate of drug-likeness (QED) is 0.707. The predicted molar refractivity (Wildman–Crippen MR) is 90.6 cm³/mol. The highest BCUT2D eigenvalue weighted by Gasteiger charge is 2.05. The standard InChI is InChI=1S/C20H21NO/c1-15-6-8-18(9-7-15)16(2)21-13-17-4-3-5-19(12-17)20-10-11-22-14-20/h3-12,14,16,21H,13H2,1-2H3/t16-/m1/s1. The van der Waals surface area contributed by atoms with Gasteiger partial charge in [0.1, 0.15) is 0 Å². The van der Waals surface area contributed by atoms with E-state index < -0.39 is 0 Å². The second-order valence-electron chi connectivity index (χ2n) is 5.73. The van der Waals surface area contributed by atoms with Crippen molar-refractivity contribution in [2.45, 2.75) is 26.4 Å². The molecule has 0 aliphatic carbocycles. The molecule has 0 fully saturated rings. The molecule has 0 amide bonds. The summed E-state index contributed by atoms with van der Waals surface area (Å²) in [6.07, 6.45) is 3.49. The highest BCUT2D eigenvalue weighted by Crippen LogP contribution is 2.21. The third-order valence-corrected chi connectivity index (χ3v) is 3.97. The van der Waals surface area contributed by atoms with Crippen LogP contribution in [0.2, 0.25) is 0 Å². The number of aryl methyl sites for hydroxylation is 1. The smallest absolute Gasteiger partial charge is 0.0980 e. The predicted octanol–water partition coefficient (Wildman–Crippen LogP) is 5.11. The van der Waals surface area contributed by atoms with Gasteiger partial charge in [0.2, 0.25) is 0 Å². The summed E-state index contributed by atoms with van der Waals surface area (Å²) in [6, 6.07) is 19.6. The van der Waals surface area contributed by atoms with Crippen LogP contribution < -0.4 is 5.32 Å². The molecule has 0 saturated carbocycles. The summed E-state index contributed by atoms with van der Waals surface area (Å²) in [5.74, 6) is 0. The fourth-order valence-corrected chi connectivity index (χ4v) is 2.53. The summed E-state index contributed by atoms with van der Waals surface area (Å²) < 4.78 is 5.16. The Morgan fingerprint density at radius 2 is 1.82 bits per heavy atom. The molecule has 2 heteroatoms. The van der Waals surface area contributed by atoms with Gasteiger partial charge in [0.25, 0.3) is 0 Å². The summed E-state index contributed by atoms with van der Waals surface area (Å²) in [5, 5.41) is 3.58. The number of rotatable bonds is 5. The van der Waals surface area contributed by atoms with E-state index in [2.05, 4.69) is 67.7 Å². The Labute approximate surface area is 131 Å². The molecule has 3 aromatic rings. The fraction of sp³-hybridized carbons (Fsp3) is 0.200. The number of hydrogen-bond acceptors (Lipinski definition) is 2. The van der Waals surface area contributed by atoms with Gasteiger partial charge in [0.05, 0.1) is 12.5 Å². The molecule has 0 bridgehead atoms. The zero-order chi connectivity index (χ0) is 15.4. The molecule has 2 nitrogen and oxygen atoms in total. The molecule has 1 N–H and O–H groups in total. The van der Waals surface area contributed by atoms with Crippen molar-refractivity contribution in [2.75, 3.05) is 0 Å². The van der Waals surface area contributed by atoms with Crippen LogP contribution in [0.25, 0.3) is 11.1 Å². The van der Waals surface area contributed by atoms with Crippen molar-refractivity contribution in [2.24, 2.45) is 0 Å². The Balaban J connectivity index is 1.66. The first-order chi connectivity index (χ1) is 10.7. The van der Waals surface area contributed by atoms with E-state index >= 15 is 0 Å². The monoisotopic (exact) mass is 291 g/mol. The van der Waals surface area contributed by atoms with Gasteiger partial charge < -0.3 is 9.73 Å². The number of benzene rings is 2. The molecule has 1 atom stereocenters. The van der Waals surface area contributed by atoms with Crippen molar-refractivity contribution >= 4 is 0 Å². The Kier molecular flexibility index (Phi) is 4.40. The third-order valence-electron chi connectivity index (χ3n) is 3.97. The van der Waals surface area contributed by atoms with Gasteiger partial charge in [-0.15, -0.1) is 0 Å². The van der Waals surface area contributed by atoms with E-state index in [9.17, 15) is 0 Å². The van der Waals surface area contributed by atoms with E-state index in [0.29, 0.717) is 6.04 Å². The number of furan rings is 1. The summed E-state index contributed by atoms with van der Waals surface area (Å²) >= 11 is 0. The average Bonchev–Trinajstić information content (AvgIpc) is 3.08. The van der Waals surface area contributed by atoms with Gasteiger partial charge >= 0.3 is 0 Å². The van der Waals surface area contributed by atoms with Crippen LogP contribution in [0.5, 0.6) is 0 Å². The van der Waals surface area contributed by atoms with E-state index in [4.69, 9.17) is 4.42 Å². The van der Waals surface area contributed by atoms with Crippen molar-refractivity contribution in [1.29, 1.82) is 0 Å². The van der Waals surface area contributed by atoms with Crippen LogP contribution in [0.1, 0.15) is 29.7 Å². The van der Waals surface area contributed by atoms with E-state index in [1.54, 1.807) is 12.5 Å². The van der Waals surface area contributed by atoms with Gasteiger partial charge in [-0.1, -0.05) is 48.0 Å². The van der Waals surface area contributed by atoms with Gasteiger partial charge in [-0.25, -0.2) is 0 Å². The second-order valence-corrected chi connectivity index (χ2v) is 5.73. The van der Waals surface area contributed by atoms with Crippen LogP contribution in [0, 0.1) is 6.92 Å². The van der Waals surface area contributed by atoms with E-state index in [-0.39, 0.29) is 0 Å². The summed E-state index contributed by atoms with van der Waals surface area (Å²) in [4.78, 5) is 0. The van der Waals surface area contributed by atoms with Gasteiger partial charge in [-0.2, -0.15) is 0 Å². The maximum absolute atomic E-state index is 5.16. The molecule has 0 aliphatic rings. The minimum absolute atomic E-state index is 0.332. The van der Waals surface area contributed by atoms with Crippen molar-refractivity contribution in [3.63, 3.8) is 0 Å². The highest BCUT2D eigenvalue weighted by atomic mass is 16.3. The lowest BCUT2D eigenvalue weighted by Crippen LogP contribution is -2.18. The highest BCUT2D eigenvalue weighted by molar-refractivity contribution is 5.62. The molecule has 1 heterocycles. The zero-order valence-corrected chi connectivity index (χ0v) is 13.0. The van der Waals surface area contributed by atoms with E-state index in [1.165, 1.54) is 22.3 Å². The molecule has 2 aromatic carbocycles. The topological polar surface area (TPSA) is 25.2 Å². The molecule has 0 unspecified atom stereocenters. The van der Waals surface area contributed by atoms with Crippen molar-refractivity contribution in [1.82, 2.24) is 5.32 Å². The van der Waals surface area contributed by atoms with Gasteiger partial charge in [0, 0.05) is 18.2 Å². The van der Waals surface area contributed by atoms with Gasteiger partial charge in [-0.05, 0) is 42.7 Å². The van der Waals surface area contributed by atoms with E-state index in [0.717, 1.165) is 12.1 Å². The van der Waals surface area contributed by atoms with Crippen LogP contribution in [-0.2, 0) is 6.54 Å². The fourth-order valence-electron chi connectivity index (χ4n) is 2.53. The van der Waals surface area contributed by atoms with Crippen molar-refractivity contribution < 1.29 is 4.42 Å². The van der Waals surface area contributed by atoms with Gasteiger partial charge in [0.15, 0.2) is 0 Å². The zero-order valence-electron chi connectivity index (χ0n) is 13.0. The molecule has 22 heavy (non-hydrogen) atoms. The van der Waals surface area contributed by atoms with Crippen LogP contribution in [0.15, 0.2) is 71.5 Å². The summed E-state index contributed by atoms with van der Waals surface area (Å²) in [5.41, 5.74) is 6.20. The maximum Gasteiger partial charge on any atom is 0.0980 e. The molecule has 1 aromatic heterocycles. The number of nitrogens with one attached hydrogen (secondary N) is 1. The molecular formula is C20H21NO. The van der Waals surface area contributed by atoms with Crippen LogP contribution >= 0.6 is 0 Å². The van der Waals surface area contributed by atoms with Crippen LogP contribution in [0.4, 0.5) is 0 Å². The molecule has 0 saturated heterocycles. The van der Waals surface area contributed by atoms with E-state index in [1.807, 2.05) is 6.07 Å². The van der Waals surface area contributed by atoms with Crippen LogP contribution in [0.3, 0.4) is 0 Å². The molecule has 3 rings (SSSR count). The first-order valence-corrected chi connectivity index (χ1v) is 7.64. The first-order valence-electron chi connectivity index (χ1n) is 7.64. The molecule has 0 radical (unpaired) electrons. The minimum atomic E-state index is 0.332. The summed E-state index contributed by atoms with van der Waals surface area (Å²) in [6.45, 7) is 5.16. The normalized spacial score (nSPS) is 12.3. The lowest BCUT2D eigenvalue weighted by atomic mass is 10.0. The Hall–Kier alpha value is -2.32. The third kappa shape index (κ3) is 3.46. The Bertz CT molecular complexity index is 714. The molecule has 112 valence electrons. The van der Waals surface area contributed by atoms with Crippen molar-refractivity contribution in [3.8, 4) is 11.1 Å². The second kappa shape index (κ2) is 6.63. The molecule has 0 spiro atoms. The Morgan fingerprint density at radius 1 is 1.00 bits per heavy atom. The lowest BCUT2D eigenvalue weighted by molar-refractivity contribution is 0.568. The summed E-state index contributed by atoms with van der Waals surface area (Å²) in [7, 11) is 0. The maximum atomic E-state index is 5.16.